The highest BCUT2D eigenvalue weighted by Gasteiger charge is 2.15. The summed E-state index contributed by atoms with van der Waals surface area (Å²) in [4.78, 5) is 16.1. The predicted molar refractivity (Wildman–Crippen MR) is 61.4 cm³/mol. The van der Waals surface area contributed by atoms with Crippen molar-refractivity contribution in [2.24, 2.45) is 0 Å². The molecule has 0 aliphatic carbocycles. The van der Waals surface area contributed by atoms with Crippen LogP contribution < -0.4 is 0 Å². The lowest BCUT2D eigenvalue weighted by atomic mass is 10.2. The molecule has 0 aromatic carbocycles. The van der Waals surface area contributed by atoms with Gasteiger partial charge in [-0.15, -0.1) is 11.3 Å². The van der Waals surface area contributed by atoms with E-state index in [9.17, 15) is 13.6 Å². The first kappa shape index (κ1) is 13.8. The van der Waals surface area contributed by atoms with Gasteiger partial charge in [-0.05, 0) is 26.3 Å². The van der Waals surface area contributed by atoms with Crippen LogP contribution in [0.5, 0.6) is 0 Å². The molecule has 0 N–H and O–H groups in total. The van der Waals surface area contributed by atoms with E-state index in [0.29, 0.717) is 10.6 Å². The molecule has 94 valence electrons. The van der Waals surface area contributed by atoms with E-state index in [1.165, 1.54) is 18.3 Å². The zero-order valence-corrected chi connectivity index (χ0v) is 10.7. The fourth-order valence-corrected chi connectivity index (χ4v) is 1.99. The Morgan fingerprint density at radius 2 is 2.06 bits per heavy atom. The van der Waals surface area contributed by atoms with E-state index in [4.69, 9.17) is 4.74 Å². The van der Waals surface area contributed by atoms with E-state index in [2.05, 4.69) is 4.98 Å². The van der Waals surface area contributed by atoms with Crippen molar-refractivity contribution in [2.45, 2.75) is 27.2 Å². The SMILES string of the molecule is CC(CCOC(=O)c1sc(C)nc1C)=C(F)F. The summed E-state index contributed by atoms with van der Waals surface area (Å²) in [5.74, 6) is -0.500. The van der Waals surface area contributed by atoms with Crippen LogP contribution in [-0.2, 0) is 4.74 Å². The Bertz CT molecular complexity index is 450. The molecule has 17 heavy (non-hydrogen) atoms. The van der Waals surface area contributed by atoms with Crippen molar-refractivity contribution in [3.63, 3.8) is 0 Å². The first-order valence-electron chi connectivity index (χ1n) is 5.03. The highest BCUT2D eigenvalue weighted by molar-refractivity contribution is 7.13. The van der Waals surface area contributed by atoms with E-state index in [-0.39, 0.29) is 18.6 Å². The quantitative estimate of drug-likeness (QED) is 0.779. The maximum absolute atomic E-state index is 12.1. The molecule has 0 saturated heterocycles. The molecule has 0 saturated carbocycles. The van der Waals surface area contributed by atoms with Crippen LogP contribution in [0, 0.1) is 13.8 Å². The van der Waals surface area contributed by atoms with Crippen LogP contribution >= 0.6 is 11.3 Å². The van der Waals surface area contributed by atoms with Crippen molar-refractivity contribution in [1.29, 1.82) is 0 Å². The van der Waals surface area contributed by atoms with Gasteiger partial charge in [-0.25, -0.2) is 9.78 Å². The number of hydrogen-bond donors (Lipinski definition) is 0. The smallest absolute Gasteiger partial charge is 0.350 e. The van der Waals surface area contributed by atoms with Crippen molar-refractivity contribution in [1.82, 2.24) is 4.98 Å². The van der Waals surface area contributed by atoms with Crippen LogP contribution in [0.3, 0.4) is 0 Å². The molecular weight excluding hydrogens is 248 g/mol. The fourth-order valence-electron chi connectivity index (χ4n) is 1.18. The van der Waals surface area contributed by atoms with Crippen LogP contribution in [0.4, 0.5) is 8.78 Å². The highest BCUT2D eigenvalue weighted by Crippen LogP contribution is 2.18. The third kappa shape index (κ3) is 3.89. The molecule has 0 unspecified atom stereocenters. The Hall–Kier alpha value is -1.30. The van der Waals surface area contributed by atoms with Crippen LogP contribution in [0.25, 0.3) is 0 Å². The highest BCUT2D eigenvalue weighted by atomic mass is 32.1. The average Bonchev–Trinajstić information content (AvgIpc) is 2.57. The second kappa shape index (κ2) is 5.86. The third-order valence-electron chi connectivity index (χ3n) is 2.12. The predicted octanol–water partition coefficient (Wildman–Crippen LogP) is 3.48. The van der Waals surface area contributed by atoms with Crippen molar-refractivity contribution in [3.05, 3.63) is 27.2 Å². The molecule has 0 amide bonds. The number of rotatable bonds is 4. The number of carbonyl (C=O) groups excluding carboxylic acids is 1. The van der Waals surface area contributed by atoms with E-state index < -0.39 is 12.0 Å². The number of aromatic nitrogens is 1. The van der Waals surface area contributed by atoms with Crippen molar-refractivity contribution < 1.29 is 18.3 Å². The van der Waals surface area contributed by atoms with Gasteiger partial charge in [0.2, 0.25) is 0 Å². The van der Waals surface area contributed by atoms with Gasteiger partial charge in [0.05, 0.1) is 17.3 Å². The Morgan fingerprint density at radius 1 is 1.41 bits per heavy atom. The van der Waals surface area contributed by atoms with Gasteiger partial charge in [-0.3, -0.25) is 0 Å². The van der Waals surface area contributed by atoms with Gasteiger partial charge in [0, 0.05) is 6.42 Å². The lowest BCUT2D eigenvalue weighted by molar-refractivity contribution is 0.0512. The van der Waals surface area contributed by atoms with Crippen LogP contribution in [0.1, 0.15) is 33.7 Å². The van der Waals surface area contributed by atoms with Gasteiger partial charge in [-0.1, -0.05) is 0 Å². The Labute approximate surface area is 102 Å². The van der Waals surface area contributed by atoms with Gasteiger partial charge in [0.25, 0.3) is 6.08 Å². The lowest BCUT2D eigenvalue weighted by Gasteiger charge is -2.03. The molecule has 0 atom stereocenters. The zero-order valence-electron chi connectivity index (χ0n) is 9.84. The van der Waals surface area contributed by atoms with Gasteiger partial charge in [0.15, 0.2) is 0 Å². The molecule has 1 rings (SSSR count). The number of nitrogens with zero attached hydrogens (tertiary/aromatic N) is 1. The monoisotopic (exact) mass is 261 g/mol. The molecule has 0 aliphatic heterocycles. The summed E-state index contributed by atoms with van der Waals surface area (Å²) < 4.78 is 29.1. The normalized spacial score (nSPS) is 10.2. The van der Waals surface area contributed by atoms with Gasteiger partial charge < -0.3 is 4.74 Å². The first-order chi connectivity index (χ1) is 7.91. The molecular formula is C11H13F2NO2S. The first-order valence-corrected chi connectivity index (χ1v) is 5.85. The van der Waals surface area contributed by atoms with Gasteiger partial charge in [0.1, 0.15) is 4.88 Å². The molecule has 1 aromatic heterocycles. The van der Waals surface area contributed by atoms with E-state index in [1.54, 1.807) is 13.8 Å². The number of aryl methyl sites for hydroxylation is 2. The molecule has 6 heteroatoms. The topological polar surface area (TPSA) is 39.2 Å². The maximum atomic E-state index is 12.1. The molecule has 0 fully saturated rings. The summed E-state index contributed by atoms with van der Waals surface area (Å²) in [7, 11) is 0. The minimum Gasteiger partial charge on any atom is -0.461 e. The van der Waals surface area contributed by atoms with Crippen LogP contribution in [0.15, 0.2) is 11.7 Å². The van der Waals surface area contributed by atoms with E-state index >= 15 is 0 Å². The summed E-state index contributed by atoms with van der Waals surface area (Å²) in [5.41, 5.74) is 0.552. The Balaban J connectivity index is 2.51. The molecule has 3 nitrogen and oxygen atoms in total. The summed E-state index contributed by atoms with van der Waals surface area (Å²) in [5, 5.41) is 0.778. The molecule has 0 spiro atoms. The molecule has 0 aliphatic rings. The van der Waals surface area contributed by atoms with Gasteiger partial charge >= 0.3 is 5.97 Å². The number of carbonyl (C=O) groups is 1. The van der Waals surface area contributed by atoms with Crippen molar-refractivity contribution in [3.8, 4) is 0 Å². The second-order valence-corrected chi connectivity index (χ2v) is 4.78. The summed E-state index contributed by atoms with van der Waals surface area (Å²) in [6.45, 7) is 4.77. The van der Waals surface area contributed by atoms with Crippen molar-refractivity contribution in [2.75, 3.05) is 6.61 Å². The Morgan fingerprint density at radius 3 is 2.53 bits per heavy atom. The molecule has 1 aromatic rings. The largest absolute Gasteiger partial charge is 0.461 e. The molecule has 0 bridgehead atoms. The van der Waals surface area contributed by atoms with Gasteiger partial charge in [-0.2, -0.15) is 8.78 Å². The molecule has 0 radical (unpaired) electrons. The zero-order chi connectivity index (χ0) is 13.0. The minimum absolute atomic E-state index is 0.0433. The maximum Gasteiger partial charge on any atom is 0.350 e. The summed E-state index contributed by atoms with van der Waals surface area (Å²) in [6.07, 6.45) is -1.67. The summed E-state index contributed by atoms with van der Waals surface area (Å²) >= 11 is 1.24. The van der Waals surface area contributed by atoms with Crippen LogP contribution in [-0.4, -0.2) is 17.6 Å². The second-order valence-electron chi connectivity index (χ2n) is 3.57. The average molecular weight is 261 g/mol. The van der Waals surface area contributed by atoms with Crippen molar-refractivity contribution >= 4 is 17.3 Å². The lowest BCUT2D eigenvalue weighted by Crippen LogP contribution is -2.06. The third-order valence-corrected chi connectivity index (χ3v) is 3.17. The summed E-state index contributed by atoms with van der Waals surface area (Å²) in [6, 6.07) is 0. The fraction of sp³-hybridized carbons (Fsp3) is 0.455. The molecule has 1 heterocycles. The number of halogens is 2. The van der Waals surface area contributed by atoms with E-state index in [0.717, 1.165) is 5.01 Å². The number of ether oxygens (including phenoxy) is 1. The minimum atomic E-state index is -1.72. The Kier molecular flexibility index (Phi) is 4.74. The number of esters is 1. The van der Waals surface area contributed by atoms with E-state index in [1.807, 2.05) is 0 Å². The number of hydrogen-bond acceptors (Lipinski definition) is 4. The van der Waals surface area contributed by atoms with Crippen LogP contribution in [0.2, 0.25) is 0 Å². The standard InChI is InChI=1S/C11H13F2NO2S/c1-6(10(12)13)4-5-16-11(15)9-7(2)14-8(3)17-9/h4-5H2,1-3H3. The number of thiazole rings is 1.